The minimum atomic E-state index is 0. The molecule has 0 radical (unpaired) electrons. The number of ether oxygens (including phenoxy) is 1. The van der Waals surface area contributed by atoms with Gasteiger partial charge in [0.15, 0.2) is 5.96 Å². The molecule has 3 fully saturated rings. The van der Waals surface area contributed by atoms with Gasteiger partial charge in [-0.05, 0) is 43.2 Å². The predicted molar refractivity (Wildman–Crippen MR) is 126 cm³/mol. The van der Waals surface area contributed by atoms with Crippen LogP contribution in [0.2, 0.25) is 0 Å². The first kappa shape index (κ1) is 21.8. The molecule has 3 aliphatic rings. The van der Waals surface area contributed by atoms with Gasteiger partial charge in [-0.25, -0.2) is 0 Å². The van der Waals surface area contributed by atoms with Crippen LogP contribution in [0.3, 0.4) is 0 Å². The normalized spacial score (nSPS) is 31.2. The lowest BCUT2D eigenvalue weighted by molar-refractivity contribution is -0.0455. The van der Waals surface area contributed by atoms with E-state index in [-0.39, 0.29) is 30.1 Å². The van der Waals surface area contributed by atoms with Crippen LogP contribution < -0.4 is 5.32 Å². The molecule has 5 nitrogen and oxygen atoms in total. The van der Waals surface area contributed by atoms with E-state index in [0.29, 0.717) is 17.9 Å². The molecule has 4 atom stereocenters. The standard InChI is InChI=1S/C22H34N4O.HI/c1-17-14-26(12-10-21(17)18-7-4-3-5-8-18)22(23-2)24-13-20-15-25-11-6-9-19(25)16-27-20;/h3-5,7-8,17,19-21H,6,9-16H2,1-2H3,(H,23,24);1H. The Bertz CT molecular complexity index is 641. The summed E-state index contributed by atoms with van der Waals surface area (Å²) in [6, 6.07) is 11.6. The van der Waals surface area contributed by atoms with Crippen molar-refractivity contribution in [3.63, 3.8) is 0 Å². The number of hydrogen-bond acceptors (Lipinski definition) is 3. The fourth-order valence-electron chi connectivity index (χ4n) is 5.08. The maximum absolute atomic E-state index is 6.09. The fourth-order valence-corrected chi connectivity index (χ4v) is 5.08. The van der Waals surface area contributed by atoms with E-state index >= 15 is 0 Å². The molecular weight excluding hydrogens is 463 g/mol. The molecule has 1 N–H and O–H groups in total. The van der Waals surface area contributed by atoms with Gasteiger partial charge in [-0.1, -0.05) is 37.3 Å². The lowest BCUT2D eigenvalue weighted by Crippen LogP contribution is -2.53. The Labute approximate surface area is 186 Å². The lowest BCUT2D eigenvalue weighted by atomic mass is 9.82. The lowest BCUT2D eigenvalue weighted by Gasteiger charge is -2.40. The minimum Gasteiger partial charge on any atom is -0.373 e. The van der Waals surface area contributed by atoms with E-state index in [1.807, 2.05) is 7.05 Å². The van der Waals surface area contributed by atoms with E-state index in [1.54, 1.807) is 0 Å². The van der Waals surface area contributed by atoms with Gasteiger partial charge in [0, 0.05) is 39.3 Å². The Morgan fingerprint density at radius 2 is 2.00 bits per heavy atom. The Kier molecular flexibility index (Phi) is 8.00. The van der Waals surface area contributed by atoms with Gasteiger partial charge in [0.05, 0.1) is 12.7 Å². The van der Waals surface area contributed by atoms with Crippen molar-refractivity contribution in [1.82, 2.24) is 15.1 Å². The number of hydrogen-bond donors (Lipinski definition) is 1. The second-order valence-electron chi connectivity index (χ2n) is 8.40. The Morgan fingerprint density at radius 1 is 1.18 bits per heavy atom. The highest BCUT2D eigenvalue weighted by Gasteiger charge is 2.33. The molecule has 1 aromatic carbocycles. The van der Waals surface area contributed by atoms with Crippen LogP contribution in [0.1, 0.15) is 37.7 Å². The molecular formula is C22H35IN4O. The predicted octanol–water partition coefficient (Wildman–Crippen LogP) is 3.17. The van der Waals surface area contributed by atoms with Crippen LogP contribution in [-0.4, -0.2) is 74.3 Å². The summed E-state index contributed by atoms with van der Waals surface area (Å²) in [6.07, 6.45) is 4.08. The quantitative estimate of drug-likeness (QED) is 0.395. The number of morpholine rings is 1. The summed E-state index contributed by atoms with van der Waals surface area (Å²) >= 11 is 0. The minimum absolute atomic E-state index is 0. The molecule has 3 heterocycles. The van der Waals surface area contributed by atoms with Gasteiger partial charge < -0.3 is 15.0 Å². The smallest absolute Gasteiger partial charge is 0.193 e. The van der Waals surface area contributed by atoms with Crippen molar-refractivity contribution in [2.24, 2.45) is 10.9 Å². The first-order chi connectivity index (χ1) is 13.2. The fraction of sp³-hybridized carbons (Fsp3) is 0.682. The van der Waals surface area contributed by atoms with E-state index in [0.717, 1.165) is 38.7 Å². The SMILES string of the molecule is CN=C(NCC1CN2CCCC2CO1)N1CCC(c2ccccc2)C(C)C1.I. The van der Waals surface area contributed by atoms with Crippen molar-refractivity contribution in [2.45, 2.75) is 44.2 Å². The summed E-state index contributed by atoms with van der Waals surface area (Å²) in [5, 5.41) is 3.59. The van der Waals surface area contributed by atoms with Crippen molar-refractivity contribution in [3.8, 4) is 0 Å². The average molecular weight is 498 g/mol. The number of likely N-dealkylation sites (tertiary alicyclic amines) is 1. The van der Waals surface area contributed by atoms with Crippen LogP contribution in [0, 0.1) is 5.92 Å². The number of aliphatic imine (C=N–C) groups is 1. The third-order valence-corrected chi connectivity index (χ3v) is 6.59. The van der Waals surface area contributed by atoms with E-state index in [4.69, 9.17) is 4.74 Å². The number of halogens is 1. The zero-order valence-electron chi connectivity index (χ0n) is 17.2. The maximum Gasteiger partial charge on any atom is 0.193 e. The van der Waals surface area contributed by atoms with E-state index in [1.165, 1.54) is 31.4 Å². The molecule has 0 saturated carbocycles. The summed E-state index contributed by atoms with van der Waals surface area (Å²) in [4.78, 5) is 9.58. The molecule has 0 bridgehead atoms. The van der Waals surface area contributed by atoms with Crippen LogP contribution in [0.5, 0.6) is 0 Å². The van der Waals surface area contributed by atoms with Crippen LogP contribution in [0.4, 0.5) is 0 Å². The number of fused-ring (bicyclic) bond motifs is 1. The first-order valence-electron chi connectivity index (χ1n) is 10.6. The third-order valence-electron chi connectivity index (χ3n) is 6.59. The van der Waals surface area contributed by atoms with Crippen molar-refractivity contribution < 1.29 is 4.74 Å². The number of nitrogens with zero attached hydrogens (tertiary/aromatic N) is 3. The van der Waals surface area contributed by atoms with Crippen molar-refractivity contribution in [2.75, 3.05) is 46.4 Å². The molecule has 28 heavy (non-hydrogen) atoms. The second-order valence-corrected chi connectivity index (χ2v) is 8.40. The van der Waals surface area contributed by atoms with Crippen molar-refractivity contribution in [3.05, 3.63) is 35.9 Å². The Balaban J connectivity index is 0.00000225. The van der Waals surface area contributed by atoms with Crippen LogP contribution in [0.15, 0.2) is 35.3 Å². The first-order valence-corrected chi connectivity index (χ1v) is 10.6. The summed E-state index contributed by atoms with van der Waals surface area (Å²) in [6.45, 7) is 8.52. The second kappa shape index (κ2) is 10.3. The molecule has 4 unspecified atom stereocenters. The van der Waals surface area contributed by atoms with Crippen LogP contribution in [0.25, 0.3) is 0 Å². The molecule has 3 aliphatic heterocycles. The number of piperidine rings is 1. The third kappa shape index (κ3) is 5.00. The summed E-state index contributed by atoms with van der Waals surface area (Å²) in [5.74, 6) is 2.30. The van der Waals surface area contributed by atoms with Gasteiger partial charge in [-0.2, -0.15) is 0 Å². The average Bonchev–Trinajstić information content (AvgIpc) is 3.17. The Hall–Kier alpha value is -0.860. The van der Waals surface area contributed by atoms with Crippen molar-refractivity contribution >= 4 is 29.9 Å². The topological polar surface area (TPSA) is 40.1 Å². The van der Waals surface area contributed by atoms with E-state index < -0.39 is 0 Å². The van der Waals surface area contributed by atoms with Crippen LogP contribution >= 0.6 is 24.0 Å². The molecule has 156 valence electrons. The summed E-state index contributed by atoms with van der Waals surface area (Å²) in [7, 11) is 1.90. The molecule has 3 saturated heterocycles. The molecule has 4 rings (SSSR count). The highest BCUT2D eigenvalue weighted by atomic mass is 127. The number of benzene rings is 1. The van der Waals surface area contributed by atoms with Gasteiger partial charge in [0.2, 0.25) is 0 Å². The maximum atomic E-state index is 6.09. The number of guanidine groups is 1. The van der Waals surface area contributed by atoms with Crippen molar-refractivity contribution in [1.29, 1.82) is 0 Å². The zero-order valence-corrected chi connectivity index (χ0v) is 19.5. The van der Waals surface area contributed by atoms with Gasteiger partial charge in [0.25, 0.3) is 0 Å². The van der Waals surface area contributed by atoms with Gasteiger partial charge >= 0.3 is 0 Å². The van der Waals surface area contributed by atoms with Crippen LogP contribution in [-0.2, 0) is 4.74 Å². The van der Waals surface area contributed by atoms with E-state index in [9.17, 15) is 0 Å². The molecule has 0 aromatic heterocycles. The number of nitrogens with one attached hydrogen (secondary N) is 1. The van der Waals surface area contributed by atoms with E-state index in [2.05, 4.69) is 57.4 Å². The summed E-state index contributed by atoms with van der Waals surface area (Å²) in [5.41, 5.74) is 1.48. The molecule has 0 amide bonds. The van der Waals surface area contributed by atoms with Gasteiger partial charge in [-0.15, -0.1) is 24.0 Å². The highest BCUT2D eigenvalue weighted by Crippen LogP contribution is 2.32. The van der Waals surface area contributed by atoms with Gasteiger partial charge in [-0.3, -0.25) is 9.89 Å². The highest BCUT2D eigenvalue weighted by molar-refractivity contribution is 14.0. The largest absolute Gasteiger partial charge is 0.373 e. The number of rotatable bonds is 3. The molecule has 6 heteroatoms. The monoisotopic (exact) mass is 498 g/mol. The molecule has 1 aromatic rings. The Morgan fingerprint density at radius 3 is 2.75 bits per heavy atom. The zero-order chi connectivity index (χ0) is 18.6. The van der Waals surface area contributed by atoms with Gasteiger partial charge in [0.1, 0.15) is 0 Å². The molecule has 0 spiro atoms. The molecule has 0 aliphatic carbocycles. The summed E-state index contributed by atoms with van der Waals surface area (Å²) < 4.78 is 6.09.